The summed E-state index contributed by atoms with van der Waals surface area (Å²) in [6.07, 6.45) is 0.596. The fourth-order valence-corrected chi connectivity index (χ4v) is 3.96. The molecule has 1 fully saturated rings. The summed E-state index contributed by atoms with van der Waals surface area (Å²) in [6.45, 7) is 4.59. The van der Waals surface area contributed by atoms with Crippen LogP contribution in [0.1, 0.15) is 37.4 Å². The molecule has 1 heterocycles. The Labute approximate surface area is 199 Å². The van der Waals surface area contributed by atoms with Gasteiger partial charge in [-0.1, -0.05) is 18.2 Å². The first kappa shape index (κ1) is 25.1. The van der Waals surface area contributed by atoms with Crippen molar-refractivity contribution in [1.29, 1.82) is 0 Å². The average Bonchev–Trinajstić information content (AvgIpc) is 3.10. The molecule has 2 aromatic rings. The molecule has 0 saturated carbocycles. The predicted octanol–water partition coefficient (Wildman–Crippen LogP) is 3.95. The molecule has 1 amide bonds. The Morgan fingerprint density at radius 3 is 2.38 bits per heavy atom. The lowest BCUT2D eigenvalue weighted by molar-refractivity contribution is -0.140. The van der Waals surface area contributed by atoms with E-state index in [2.05, 4.69) is 0 Å². The molecule has 1 atom stereocenters. The number of ether oxygens (including phenoxy) is 4. The second-order valence-electron chi connectivity index (χ2n) is 8.11. The smallest absolute Gasteiger partial charge is 0.295 e. The molecular formula is C26H31NO7. The number of hydrogen-bond donors (Lipinski definition) is 1. The second-order valence-corrected chi connectivity index (χ2v) is 8.11. The Morgan fingerprint density at radius 2 is 1.74 bits per heavy atom. The Balaban J connectivity index is 2.10. The molecule has 2 aromatic carbocycles. The molecule has 1 aliphatic rings. The van der Waals surface area contributed by atoms with Crippen molar-refractivity contribution in [2.45, 2.75) is 32.4 Å². The number of carbonyl (C=O) groups excluding carboxylic acids is 2. The summed E-state index contributed by atoms with van der Waals surface area (Å²) in [4.78, 5) is 27.7. The molecular weight excluding hydrogens is 438 g/mol. The van der Waals surface area contributed by atoms with Crippen LogP contribution in [0.2, 0.25) is 0 Å². The minimum Gasteiger partial charge on any atom is -0.507 e. The lowest BCUT2D eigenvalue weighted by Gasteiger charge is -2.26. The van der Waals surface area contributed by atoms with Gasteiger partial charge in [-0.05, 0) is 50.1 Å². The molecule has 182 valence electrons. The lowest BCUT2D eigenvalue weighted by Crippen LogP contribution is -2.31. The molecule has 1 N–H and O–H groups in total. The van der Waals surface area contributed by atoms with E-state index in [1.54, 1.807) is 42.5 Å². The van der Waals surface area contributed by atoms with Gasteiger partial charge in [0.15, 0.2) is 11.5 Å². The summed E-state index contributed by atoms with van der Waals surface area (Å²) >= 11 is 0. The van der Waals surface area contributed by atoms with Gasteiger partial charge in [0, 0.05) is 18.7 Å². The first-order valence-corrected chi connectivity index (χ1v) is 11.1. The van der Waals surface area contributed by atoms with Crippen molar-refractivity contribution in [2.24, 2.45) is 0 Å². The van der Waals surface area contributed by atoms with Crippen LogP contribution in [-0.2, 0) is 14.3 Å². The topological polar surface area (TPSA) is 94.5 Å². The second kappa shape index (κ2) is 11.1. The highest BCUT2D eigenvalue weighted by molar-refractivity contribution is 6.46. The molecule has 34 heavy (non-hydrogen) atoms. The van der Waals surface area contributed by atoms with Crippen LogP contribution in [0.25, 0.3) is 5.76 Å². The van der Waals surface area contributed by atoms with Crippen LogP contribution in [0.15, 0.2) is 48.0 Å². The zero-order valence-electron chi connectivity index (χ0n) is 20.2. The minimum absolute atomic E-state index is 0.00949. The molecule has 0 aliphatic carbocycles. The number of nitrogens with zero attached hydrogens (tertiary/aromatic N) is 1. The number of benzene rings is 2. The van der Waals surface area contributed by atoms with Crippen LogP contribution in [0.3, 0.4) is 0 Å². The van der Waals surface area contributed by atoms with Gasteiger partial charge in [0.25, 0.3) is 11.7 Å². The number of rotatable bonds is 10. The van der Waals surface area contributed by atoms with Crippen LogP contribution in [0.4, 0.5) is 0 Å². The molecule has 0 aromatic heterocycles. The van der Waals surface area contributed by atoms with Crippen molar-refractivity contribution in [2.75, 3.05) is 34.5 Å². The summed E-state index contributed by atoms with van der Waals surface area (Å²) < 4.78 is 21.6. The lowest BCUT2D eigenvalue weighted by atomic mass is 9.95. The van der Waals surface area contributed by atoms with E-state index in [-0.39, 0.29) is 24.0 Å². The summed E-state index contributed by atoms with van der Waals surface area (Å²) in [7, 11) is 4.56. The number of Topliss-reactive ketones (excluding diaryl/α,β-unsaturated/α-hetero) is 1. The van der Waals surface area contributed by atoms with E-state index in [9.17, 15) is 14.7 Å². The normalized spacial score (nSPS) is 17.4. The van der Waals surface area contributed by atoms with Crippen LogP contribution in [-0.4, -0.2) is 62.3 Å². The van der Waals surface area contributed by atoms with Crippen molar-refractivity contribution in [3.05, 3.63) is 59.2 Å². The van der Waals surface area contributed by atoms with E-state index < -0.39 is 17.7 Å². The fraction of sp³-hybridized carbons (Fsp3) is 0.385. The number of carbonyl (C=O) groups is 2. The number of ketones is 1. The van der Waals surface area contributed by atoms with E-state index in [0.717, 1.165) is 0 Å². The largest absolute Gasteiger partial charge is 0.507 e. The number of aliphatic hydroxyl groups excluding tert-OH is 1. The van der Waals surface area contributed by atoms with E-state index in [0.29, 0.717) is 41.4 Å². The minimum atomic E-state index is -0.801. The van der Waals surface area contributed by atoms with E-state index >= 15 is 0 Å². The fourth-order valence-electron chi connectivity index (χ4n) is 3.96. The molecule has 8 heteroatoms. The van der Waals surface area contributed by atoms with Gasteiger partial charge < -0.3 is 29.0 Å². The molecule has 3 rings (SSSR count). The highest BCUT2D eigenvalue weighted by Crippen LogP contribution is 2.42. The van der Waals surface area contributed by atoms with Crippen molar-refractivity contribution in [3.8, 4) is 17.2 Å². The third-order valence-electron chi connectivity index (χ3n) is 5.60. The van der Waals surface area contributed by atoms with Gasteiger partial charge in [0.2, 0.25) is 0 Å². The van der Waals surface area contributed by atoms with E-state index in [1.807, 2.05) is 13.8 Å². The first-order chi connectivity index (χ1) is 16.3. The number of hydrogen-bond acceptors (Lipinski definition) is 7. The molecule has 0 bridgehead atoms. The SMILES string of the molecule is COc1cccc(C(O)=C2C(=O)C(=O)N(CCCOC(C)C)[C@@H]2c2ccc(OC)c(OC)c2)c1. The summed E-state index contributed by atoms with van der Waals surface area (Å²) in [5.74, 6) is -0.195. The van der Waals surface area contributed by atoms with Crippen LogP contribution < -0.4 is 14.2 Å². The number of likely N-dealkylation sites (tertiary alicyclic amines) is 1. The van der Waals surface area contributed by atoms with Crippen LogP contribution >= 0.6 is 0 Å². The first-order valence-electron chi connectivity index (χ1n) is 11.1. The number of aliphatic hydroxyl groups is 1. The van der Waals surface area contributed by atoms with E-state index in [1.165, 1.54) is 26.2 Å². The third kappa shape index (κ3) is 5.17. The molecule has 0 radical (unpaired) electrons. The monoisotopic (exact) mass is 469 g/mol. The van der Waals surface area contributed by atoms with Crippen LogP contribution in [0.5, 0.6) is 17.2 Å². The average molecular weight is 470 g/mol. The maximum Gasteiger partial charge on any atom is 0.295 e. The van der Waals surface area contributed by atoms with Gasteiger partial charge in [-0.25, -0.2) is 0 Å². The van der Waals surface area contributed by atoms with Gasteiger partial charge in [-0.3, -0.25) is 9.59 Å². The number of amides is 1. The molecule has 1 saturated heterocycles. The number of methoxy groups -OCH3 is 3. The molecule has 8 nitrogen and oxygen atoms in total. The molecule has 0 unspecified atom stereocenters. The summed E-state index contributed by atoms with van der Waals surface area (Å²) in [5.41, 5.74) is 1.01. The highest BCUT2D eigenvalue weighted by Gasteiger charge is 2.46. The zero-order chi connectivity index (χ0) is 24.8. The van der Waals surface area contributed by atoms with E-state index in [4.69, 9.17) is 18.9 Å². The zero-order valence-corrected chi connectivity index (χ0v) is 20.2. The maximum atomic E-state index is 13.2. The standard InChI is InChI=1S/C26H31NO7/c1-16(2)34-13-7-12-27-23(17-10-11-20(32-4)21(15-17)33-5)22(25(29)26(27)30)24(28)18-8-6-9-19(14-18)31-3/h6,8-11,14-16,23,28H,7,12-13H2,1-5H3/t23-/m1/s1. The Bertz CT molecular complexity index is 1080. The quantitative estimate of drug-likeness (QED) is 0.244. The van der Waals surface area contributed by atoms with Crippen molar-refractivity contribution < 1.29 is 33.6 Å². The molecule has 0 spiro atoms. The van der Waals surface area contributed by atoms with Gasteiger partial charge in [0.05, 0.1) is 39.0 Å². The highest BCUT2D eigenvalue weighted by atomic mass is 16.5. The Kier molecular flexibility index (Phi) is 8.17. The van der Waals surface area contributed by atoms with Crippen molar-refractivity contribution in [1.82, 2.24) is 4.90 Å². The van der Waals surface area contributed by atoms with Gasteiger partial charge in [-0.2, -0.15) is 0 Å². The van der Waals surface area contributed by atoms with Gasteiger partial charge in [-0.15, -0.1) is 0 Å². The third-order valence-corrected chi connectivity index (χ3v) is 5.60. The summed E-state index contributed by atoms with van der Waals surface area (Å²) in [6, 6.07) is 11.1. The van der Waals surface area contributed by atoms with Gasteiger partial charge in [0.1, 0.15) is 11.5 Å². The van der Waals surface area contributed by atoms with Crippen molar-refractivity contribution >= 4 is 17.4 Å². The Morgan fingerprint density at radius 1 is 1.00 bits per heavy atom. The van der Waals surface area contributed by atoms with Gasteiger partial charge >= 0.3 is 0 Å². The summed E-state index contributed by atoms with van der Waals surface area (Å²) in [5, 5.41) is 11.2. The van der Waals surface area contributed by atoms with Crippen LogP contribution in [0, 0.1) is 0 Å². The predicted molar refractivity (Wildman–Crippen MR) is 127 cm³/mol. The van der Waals surface area contributed by atoms with Crippen molar-refractivity contribution in [3.63, 3.8) is 0 Å². The Hall–Kier alpha value is -3.52. The maximum absolute atomic E-state index is 13.2. The molecule has 1 aliphatic heterocycles.